The summed E-state index contributed by atoms with van der Waals surface area (Å²) in [4.78, 5) is 0. The molecular weight excluding hydrogens is 170 g/mol. The number of hydrogen-bond acceptors (Lipinski definition) is 1. The second-order valence-electron chi connectivity index (χ2n) is 4.25. The van der Waals surface area contributed by atoms with E-state index < -0.39 is 0 Å². The lowest BCUT2D eigenvalue weighted by molar-refractivity contribution is 0.436. The molecule has 1 unspecified atom stereocenters. The molecular formula is C13H29N. The van der Waals surface area contributed by atoms with E-state index in [-0.39, 0.29) is 0 Å². The fraction of sp³-hybridized carbons (Fsp3) is 1.00. The molecule has 0 amide bonds. The van der Waals surface area contributed by atoms with Crippen LogP contribution in [0.2, 0.25) is 0 Å². The van der Waals surface area contributed by atoms with E-state index in [1.54, 1.807) is 0 Å². The fourth-order valence-electron chi connectivity index (χ4n) is 1.98. The van der Waals surface area contributed by atoms with Crippen LogP contribution in [0.3, 0.4) is 0 Å². The first-order valence-corrected chi connectivity index (χ1v) is 6.58. The molecule has 0 heterocycles. The zero-order valence-electron chi connectivity index (χ0n) is 10.4. The minimum absolute atomic E-state index is 0.784. The Balaban J connectivity index is 3.30. The molecule has 0 aromatic carbocycles. The average molecular weight is 199 g/mol. The largest absolute Gasteiger partial charge is 0.314 e. The van der Waals surface area contributed by atoms with Crippen LogP contribution >= 0.6 is 0 Å². The molecule has 0 aliphatic carbocycles. The Hall–Kier alpha value is -0.0400. The van der Waals surface area contributed by atoms with E-state index in [9.17, 15) is 0 Å². The van der Waals surface area contributed by atoms with Crippen LogP contribution in [0.4, 0.5) is 0 Å². The molecule has 1 heteroatoms. The molecule has 1 N–H and O–H groups in total. The normalized spacial score (nSPS) is 13.1. The van der Waals surface area contributed by atoms with Crippen molar-refractivity contribution >= 4 is 0 Å². The van der Waals surface area contributed by atoms with Crippen molar-refractivity contribution in [1.82, 2.24) is 5.32 Å². The third-order valence-corrected chi connectivity index (χ3v) is 2.79. The molecule has 0 aliphatic heterocycles. The van der Waals surface area contributed by atoms with Crippen LogP contribution in [0.25, 0.3) is 0 Å². The second kappa shape index (κ2) is 11.0. The van der Waals surface area contributed by atoms with Gasteiger partial charge in [-0.05, 0) is 19.4 Å². The van der Waals surface area contributed by atoms with E-state index in [4.69, 9.17) is 0 Å². The molecule has 0 spiro atoms. The standard InChI is InChI=1S/C13H29N/c1-4-7-8-9-10-12-13(11-5-2)14-6-3/h13-14H,4-12H2,1-3H3. The smallest absolute Gasteiger partial charge is 0.00668 e. The number of hydrogen-bond donors (Lipinski definition) is 1. The second-order valence-corrected chi connectivity index (χ2v) is 4.25. The fourth-order valence-corrected chi connectivity index (χ4v) is 1.98. The lowest BCUT2D eigenvalue weighted by Crippen LogP contribution is -2.28. The Kier molecular flexibility index (Phi) is 11.0. The van der Waals surface area contributed by atoms with Gasteiger partial charge >= 0.3 is 0 Å². The molecule has 0 radical (unpaired) electrons. The van der Waals surface area contributed by atoms with Gasteiger partial charge in [-0.25, -0.2) is 0 Å². The molecule has 0 aromatic rings. The first-order valence-electron chi connectivity index (χ1n) is 6.58. The quantitative estimate of drug-likeness (QED) is 0.522. The number of nitrogens with one attached hydrogen (secondary N) is 1. The summed E-state index contributed by atoms with van der Waals surface area (Å²) in [5, 5.41) is 3.57. The van der Waals surface area contributed by atoms with Crippen LogP contribution < -0.4 is 5.32 Å². The van der Waals surface area contributed by atoms with Crippen molar-refractivity contribution in [2.24, 2.45) is 0 Å². The van der Waals surface area contributed by atoms with E-state index in [0.29, 0.717) is 0 Å². The Morgan fingerprint density at radius 1 is 0.786 bits per heavy atom. The molecule has 1 nitrogen and oxygen atoms in total. The summed E-state index contributed by atoms with van der Waals surface area (Å²) in [6.07, 6.45) is 11.1. The maximum Gasteiger partial charge on any atom is 0.00668 e. The Bertz CT molecular complexity index is 95.4. The van der Waals surface area contributed by atoms with Crippen LogP contribution in [-0.2, 0) is 0 Å². The van der Waals surface area contributed by atoms with Gasteiger partial charge in [-0.15, -0.1) is 0 Å². The maximum atomic E-state index is 3.57. The van der Waals surface area contributed by atoms with Gasteiger partial charge in [0.05, 0.1) is 0 Å². The van der Waals surface area contributed by atoms with Crippen LogP contribution in [0.1, 0.15) is 72.1 Å². The Morgan fingerprint density at radius 3 is 2.07 bits per heavy atom. The van der Waals surface area contributed by atoms with Crippen molar-refractivity contribution in [1.29, 1.82) is 0 Å². The van der Waals surface area contributed by atoms with Gasteiger partial charge in [-0.1, -0.05) is 59.3 Å². The summed E-state index contributed by atoms with van der Waals surface area (Å²) in [5.41, 5.74) is 0. The van der Waals surface area contributed by atoms with Gasteiger partial charge in [0, 0.05) is 6.04 Å². The van der Waals surface area contributed by atoms with Gasteiger partial charge in [0.15, 0.2) is 0 Å². The predicted octanol–water partition coefficient (Wildman–Crippen LogP) is 4.13. The van der Waals surface area contributed by atoms with Crippen LogP contribution in [0.15, 0.2) is 0 Å². The van der Waals surface area contributed by atoms with E-state index in [0.717, 1.165) is 12.6 Å². The predicted molar refractivity (Wildman–Crippen MR) is 65.7 cm³/mol. The van der Waals surface area contributed by atoms with E-state index in [1.165, 1.54) is 51.4 Å². The van der Waals surface area contributed by atoms with Crippen molar-refractivity contribution in [2.45, 2.75) is 78.2 Å². The summed E-state index contributed by atoms with van der Waals surface area (Å²) in [5.74, 6) is 0. The zero-order valence-corrected chi connectivity index (χ0v) is 10.4. The van der Waals surface area contributed by atoms with Crippen molar-refractivity contribution in [2.75, 3.05) is 6.54 Å². The van der Waals surface area contributed by atoms with Crippen molar-refractivity contribution in [3.05, 3.63) is 0 Å². The van der Waals surface area contributed by atoms with Crippen molar-refractivity contribution in [3.63, 3.8) is 0 Å². The van der Waals surface area contributed by atoms with Gasteiger partial charge in [0.1, 0.15) is 0 Å². The summed E-state index contributed by atoms with van der Waals surface area (Å²) in [6, 6.07) is 0.784. The molecule has 0 rings (SSSR count). The zero-order chi connectivity index (χ0) is 10.6. The first kappa shape index (κ1) is 14.0. The van der Waals surface area contributed by atoms with Crippen LogP contribution in [0, 0.1) is 0 Å². The molecule has 86 valence electrons. The van der Waals surface area contributed by atoms with Gasteiger partial charge in [-0.2, -0.15) is 0 Å². The SMILES string of the molecule is CCCCCCCC(CCC)NCC. The van der Waals surface area contributed by atoms with E-state index in [1.807, 2.05) is 0 Å². The van der Waals surface area contributed by atoms with Gasteiger partial charge < -0.3 is 5.32 Å². The van der Waals surface area contributed by atoms with Crippen molar-refractivity contribution in [3.8, 4) is 0 Å². The topological polar surface area (TPSA) is 12.0 Å². The van der Waals surface area contributed by atoms with Crippen molar-refractivity contribution < 1.29 is 0 Å². The molecule has 0 bridgehead atoms. The van der Waals surface area contributed by atoms with Crippen LogP contribution in [-0.4, -0.2) is 12.6 Å². The summed E-state index contributed by atoms with van der Waals surface area (Å²) < 4.78 is 0. The van der Waals surface area contributed by atoms with E-state index in [2.05, 4.69) is 26.1 Å². The molecule has 0 fully saturated rings. The minimum atomic E-state index is 0.784. The summed E-state index contributed by atoms with van der Waals surface area (Å²) in [7, 11) is 0. The molecule has 1 atom stereocenters. The highest BCUT2D eigenvalue weighted by molar-refractivity contribution is 4.65. The summed E-state index contributed by atoms with van der Waals surface area (Å²) in [6.45, 7) is 7.89. The lowest BCUT2D eigenvalue weighted by Gasteiger charge is -2.16. The highest BCUT2D eigenvalue weighted by Gasteiger charge is 2.04. The lowest BCUT2D eigenvalue weighted by atomic mass is 10.0. The molecule has 0 saturated heterocycles. The summed E-state index contributed by atoms with van der Waals surface area (Å²) >= 11 is 0. The Morgan fingerprint density at radius 2 is 1.50 bits per heavy atom. The maximum absolute atomic E-state index is 3.57. The monoisotopic (exact) mass is 199 g/mol. The molecule has 0 aliphatic rings. The number of rotatable bonds is 10. The van der Waals surface area contributed by atoms with Gasteiger partial charge in [0.25, 0.3) is 0 Å². The van der Waals surface area contributed by atoms with E-state index >= 15 is 0 Å². The number of unbranched alkanes of at least 4 members (excludes halogenated alkanes) is 4. The molecule has 14 heavy (non-hydrogen) atoms. The molecule has 0 saturated carbocycles. The third-order valence-electron chi connectivity index (χ3n) is 2.79. The average Bonchev–Trinajstić information content (AvgIpc) is 2.18. The van der Waals surface area contributed by atoms with Gasteiger partial charge in [0.2, 0.25) is 0 Å². The highest BCUT2D eigenvalue weighted by Crippen LogP contribution is 2.10. The molecule has 0 aromatic heterocycles. The minimum Gasteiger partial charge on any atom is -0.314 e. The van der Waals surface area contributed by atoms with Crippen LogP contribution in [0.5, 0.6) is 0 Å². The van der Waals surface area contributed by atoms with Gasteiger partial charge in [-0.3, -0.25) is 0 Å². The highest BCUT2D eigenvalue weighted by atomic mass is 14.9. The third kappa shape index (κ3) is 8.55. The first-order chi connectivity index (χ1) is 6.85. The Labute approximate surface area is 90.7 Å².